The molecule has 2 rings (SSSR count). The highest BCUT2D eigenvalue weighted by molar-refractivity contribution is 5.87. The zero-order chi connectivity index (χ0) is 15.7. The van der Waals surface area contributed by atoms with Crippen LogP contribution in [0, 0.1) is 0 Å². The Balaban J connectivity index is 2.11. The zero-order valence-electron chi connectivity index (χ0n) is 12.8. The molecule has 116 valence electrons. The Morgan fingerprint density at radius 1 is 1.38 bits per heavy atom. The van der Waals surface area contributed by atoms with Gasteiger partial charge in [0.05, 0.1) is 12.3 Å². The van der Waals surface area contributed by atoms with Crippen molar-refractivity contribution in [2.45, 2.75) is 51.0 Å². The Labute approximate surface area is 124 Å². The van der Waals surface area contributed by atoms with Crippen LogP contribution in [0.25, 0.3) is 0 Å². The number of aromatic hydroxyl groups is 1. The Hall–Kier alpha value is -1.75. The van der Waals surface area contributed by atoms with Gasteiger partial charge in [-0.25, -0.2) is 4.79 Å². The van der Waals surface area contributed by atoms with Gasteiger partial charge < -0.3 is 14.9 Å². The third-order valence-corrected chi connectivity index (χ3v) is 3.86. The van der Waals surface area contributed by atoms with Gasteiger partial charge in [-0.05, 0) is 51.3 Å². The van der Waals surface area contributed by atoms with Gasteiger partial charge in [-0.15, -0.1) is 0 Å². The van der Waals surface area contributed by atoms with Gasteiger partial charge in [-0.3, -0.25) is 5.32 Å². The third kappa shape index (κ3) is 3.47. The van der Waals surface area contributed by atoms with Gasteiger partial charge in [0.15, 0.2) is 0 Å². The molecule has 5 heteroatoms. The molecule has 0 spiro atoms. The second kappa shape index (κ2) is 5.56. The lowest BCUT2D eigenvalue weighted by Crippen LogP contribution is -2.37. The van der Waals surface area contributed by atoms with Gasteiger partial charge in [0.2, 0.25) is 0 Å². The molecule has 1 amide bonds. The molecule has 0 saturated heterocycles. The van der Waals surface area contributed by atoms with Gasteiger partial charge in [0, 0.05) is 5.41 Å². The maximum absolute atomic E-state index is 11.7. The minimum Gasteiger partial charge on any atom is -0.506 e. The first-order valence-electron chi connectivity index (χ1n) is 7.20. The second-order valence-electron chi connectivity index (χ2n) is 6.65. The number of phenolic OH excluding ortho intramolecular Hbond substituents is 1. The number of phenols is 1. The average Bonchev–Trinajstić information content (AvgIpc) is 2.29. The first-order chi connectivity index (χ1) is 9.76. The normalized spacial score (nSPS) is 17.0. The van der Waals surface area contributed by atoms with Crippen LogP contribution in [0.15, 0.2) is 18.2 Å². The Morgan fingerprint density at radius 3 is 2.48 bits per heavy atom. The van der Waals surface area contributed by atoms with Crippen LogP contribution in [0.1, 0.15) is 45.6 Å². The molecule has 3 N–H and O–H groups in total. The summed E-state index contributed by atoms with van der Waals surface area (Å²) >= 11 is 0. The number of hydrogen-bond donors (Lipinski definition) is 3. The summed E-state index contributed by atoms with van der Waals surface area (Å²) in [5.74, 6) is -0.0157. The molecule has 1 saturated carbocycles. The predicted molar refractivity (Wildman–Crippen MR) is 80.6 cm³/mol. The molecular weight excluding hydrogens is 270 g/mol. The van der Waals surface area contributed by atoms with E-state index < -0.39 is 11.7 Å². The number of amides is 1. The molecule has 0 heterocycles. The summed E-state index contributed by atoms with van der Waals surface area (Å²) < 4.78 is 5.15. The molecule has 0 bridgehead atoms. The van der Waals surface area contributed by atoms with E-state index in [9.17, 15) is 15.0 Å². The van der Waals surface area contributed by atoms with Crippen LogP contribution in [-0.4, -0.2) is 28.5 Å². The van der Waals surface area contributed by atoms with Gasteiger partial charge in [0.25, 0.3) is 0 Å². The number of aliphatic hydroxyl groups excluding tert-OH is 1. The molecular formula is C16H23NO4. The molecule has 0 aromatic heterocycles. The van der Waals surface area contributed by atoms with E-state index in [1.807, 2.05) is 6.07 Å². The number of benzene rings is 1. The second-order valence-corrected chi connectivity index (χ2v) is 6.65. The van der Waals surface area contributed by atoms with E-state index in [4.69, 9.17) is 4.74 Å². The van der Waals surface area contributed by atoms with Crippen LogP contribution in [0.2, 0.25) is 0 Å². The predicted octanol–water partition coefficient (Wildman–Crippen LogP) is 3.15. The lowest BCUT2D eigenvalue weighted by atomic mass is 9.65. The van der Waals surface area contributed by atoms with Crippen LogP contribution in [0.3, 0.4) is 0 Å². The van der Waals surface area contributed by atoms with Crippen molar-refractivity contribution in [2.24, 2.45) is 0 Å². The maximum atomic E-state index is 11.7. The number of nitrogens with one attached hydrogen (secondary N) is 1. The summed E-state index contributed by atoms with van der Waals surface area (Å²) in [7, 11) is 0. The largest absolute Gasteiger partial charge is 0.506 e. The summed E-state index contributed by atoms with van der Waals surface area (Å²) in [5.41, 5.74) is 0.387. The Morgan fingerprint density at radius 2 is 2.05 bits per heavy atom. The Kier molecular flexibility index (Phi) is 4.14. The highest BCUT2D eigenvalue weighted by Gasteiger charge is 2.38. The van der Waals surface area contributed by atoms with Crippen molar-refractivity contribution < 1.29 is 19.7 Å². The first kappa shape index (κ1) is 15.6. The number of carbonyl (C=O) groups excluding carboxylic acids is 1. The number of ether oxygens (including phenoxy) is 1. The van der Waals surface area contributed by atoms with E-state index in [0.29, 0.717) is 5.69 Å². The lowest BCUT2D eigenvalue weighted by molar-refractivity contribution is 0.0635. The van der Waals surface area contributed by atoms with Crippen molar-refractivity contribution >= 4 is 11.8 Å². The first-order valence-corrected chi connectivity index (χ1v) is 7.20. The van der Waals surface area contributed by atoms with Gasteiger partial charge in [-0.1, -0.05) is 12.5 Å². The summed E-state index contributed by atoms with van der Waals surface area (Å²) in [5, 5.41) is 22.1. The summed E-state index contributed by atoms with van der Waals surface area (Å²) in [6, 6.07) is 5.09. The zero-order valence-corrected chi connectivity index (χ0v) is 12.8. The molecule has 1 fully saturated rings. The fourth-order valence-corrected chi connectivity index (χ4v) is 2.52. The molecule has 21 heavy (non-hydrogen) atoms. The number of rotatable bonds is 3. The maximum Gasteiger partial charge on any atom is 0.412 e. The van der Waals surface area contributed by atoms with Crippen LogP contribution in [0.4, 0.5) is 10.5 Å². The van der Waals surface area contributed by atoms with Crippen LogP contribution < -0.4 is 5.32 Å². The monoisotopic (exact) mass is 293 g/mol. The molecule has 1 aromatic rings. The van der Waals surface area contributed by atoms with E-state index in [1.54, 1.807) is 32.9 Å². The molecule has 1 aromatic carbocycles. The SMILES string of the molecule is CC(C)(C)OC(=O)Nc1ccc(C2(CO)CCC2)cc1O. The molecule has 0 radical (unpaired) electrons. The number of aliphatic hydroxyl groups is 1. The quantitative estimate of drug-likeness (QED) is 0.748. The van der Waals surface area contributed by atoms with E-state index in [0.717, 1.165) is 24.8 Å². The minimum absolute atomic E-state index is 0.0157. The van der Waals surface area contributed by atoms with Gasteiger partial charge in [-0.2, -0.15) is 0 Å². The minimum atomic E-state index is -0.605. The van der Waals surface area contributed by atoms with Gasteiger partial charge in [0.1, 0.15) is 11.4 Å². The fourth-order valence-electron chi connectivity index (χ4n) is 2.52. The summed E-state index contributed by atoms with van der Waals surface area (Å²) in [6.45, 7) is 5.40. The van der Waals surface area contributed by atoms with Crippen molar-refractivity contribution in [1.29, 1.82) is 0 Å². The van der Waals surface area contributed by atoms with Crippen LogP contribution in [0.5, 0.6) is 5.75 Å². The van der Waals surface area contributed by atoms with Crippen molar-refractivity contribution in [2.75, 3.05) is 11.9 Å². The van der Waals surface area contributed by atoms with Crippen molar-refractivity contribution in [3.63, 3.8) is 0 Å². The third-order valence-electron chi connectivity index (χ3n) is 3.86. The Bertz CT molecular complexity index is 524. The van der Waals surface area contributed by atoms with Crippen molar-refractivity contribution in [3.05, 3.63) is 23.8 Å². The molecule has 0 aliphatic heterocycles. The van der Waals surface area contributed by atoms with E-state index in [-0.39, 0.29) is 17.8 Å². The smallest absolute Gasteiger partial charge is 0.412 e. The molecule has 1 aliphatic carbocycles. The molecule has 5 nitrogen and oxygen atoms in total. The topological polar surface area (TPSA) is 78.8 Å². The standard InChI is InChI=1S/C16H23NO4/c1-15(2,3)21-14(20)17-12-6-5-11(9-13(12)19)16(10-18)7-4-8-16/h5-6,9,18-19H,4,7-8,10H2,1-3H3,(H,17,20). The fraction of sp³-hybridized carbons (Fsp3) is 0.562. The number of carbonyl (C=O) groups is 1. The van der Waals surface area contributed by atoms with Crippen LogP contribution >= 0.6 is 0 Å². The summed E-state index contributed by atoms with van der Waals surface area (Å²) in [4.78, 5) is 11.7. The van der Waals surface area contributed by atoms with E-state index in [2.05, 4.69) is 5.32 Å². The number of hydrogen-bond acceptors (Lipinski definition) is 4. The van der Waals surface area contributed by atoms with Crippen molar-refractivity contribution in [3.8, 4) is 5.75 Å². The average molecular weight is 293 g/mol. The lowest BCUT2D eigenvalue weighted by Gasteiger charge is -2.41. The van der Waals surface area contributed by atoms with Gasteiger partial charge >= 0.3 is 6.09 Å². The number of anilines is 1. The van der Waals surface area contributed by atoms with E-state index in [1.165, 1.54) is 0 Å². The molecule has 0 unspecified atom stereocenters. The summed E-state index contributed by atoms with van der Waals surface area (Å²) in [6.07, 6.45) is 2.31. The highest BCUT2D eigenvalue weighted by Crippen LogP contribution is 2.44. The van der Waals surface area contributed by atoms with E-state index >= 15 is 0 Å². The van der Waals surface area contributed by atoms with Crippen LogP contribution in [-0.2, 0) is 10.2 Å². The highest BCUT2D eigenvalue weighted by atomic mass is 16.6. The molecule has 1 aliphatic rings. The molecule has 0 atom stereocenters. The van der Waals surface area contributed by atoms with Crippen molar-refractivity contribution in [1.82, 2.24) is 0 Å².